The predicted octanol–water partition coefficient (Wildman–Crippen LogP) is 5.51. The van der Waals surface area contributed by atoms with E-state index in [9.17, 15) is 19.8 Å². The highest BCUT2D eigenvalue weighted by Gasteiger charge is 2.44. The quantitative estimate of drug-likeness (QED) is 0.440. The molecule has 1 atom stereocenters. The van der Waals surface area contributed by atoms with Crippen LogP contribution in [0.1, 0.15) is 47.0 Å². The summed E-state index contributed by atoms with van der Waals surface area (Å²) in [4.78, 5) is 24.3. The second kappa shape index (κ2) is 9.69. The molecule has 37 heavy (non-hydrogen) atoms. The third kappa shape index (κ3) is 4.55. The maximum Gasteiger partial charge on any atom is 0.331 e. The van der Waals surface area contributed by atoms with E-state index in [0.717, 1.165) is 28.2 Å². The number of carbonyl (C=O) groups is 2. The molecule has 1 aromatic heterocycles. The Hall–Kier alpha value is -4.20. The number of allylic oxidation sites excluding steroid dienone is 2. The van der Waals surface area contributed by atoms with Gasteiger partial charge in [0.2, 0.25) is 0 Å². The molecule has 0 saturated carbocycles. The zero-order chi connectivity index (χ0) is 27.1. The Morgan fingerprint density at radius 1 is 1.11 bits per heavy atom. The zero-order valence-electron chi connectivity index (χ0n) is 21.4. The van der Waals surface area contributed by atoms with Crippen molar-refractivity contribution < 1.29 is 28.9 Å². The van der Waals surface area contributed by atoms with Crippen LogP contribution in [-0.2, 0) is 21.6 Å². The summed E-state index contributed by atoms with van der Waals surface area (Å²) >= 11 is 0. The summed E-state index contributed by atoms with van der Waals surface area (Å²) in [5, 5.41) is 24.4. The van der Waals surface area contributed by atoms with Gasteiger partial charge in [0.05, 0.1) is 11.4 Å². The molecular weight excluding hydrogens is 475 g/mol. The van der Waals surface area contributed by atoms with E-state index in [4.69, 9.17) is 4.74 Å². The summed E-state index contributed by atoms with van der Waals surface area (Å²) < 4.78 is 23.0. The molecule has 3 aromatic rings. The predicted molar refractivity (Wildman–Crippen MR) is 137 cm³/mol. The summed E-state index contributed by atoms with van der Waals surface area (Å²) in [5.41, 5.74) is 3.70. The molecule has 1 heterocycles. The number of ether oxygens (including phenoxy) is 1. The summed E-state index contributed by atoms with van der Waals surface area (Å²) in [6, 6.07) is 9.74. The van der Waals surface area contributed by atoms with Crippen molar-refractivity contribution in [2.75, 3.05) is 0 Å². The summed E-state index contributed by atoms with van der Waals surface area (Å²) in [6.45, 7) is 9.23. The summed E-state index contributed by atoms with van der Waals surface area (Å²) in [5.74, 6) is -2.57. The molecule has 1 aliphatic carbocycles. The van der Waals surface area contributed by atoms with Gasteiger partial charge in [-0.05, 0) is 81.1 Å². The first-order valence-corrected chi connectivity index (χ1v) is 11.9. The molecule has 0 amide bonds. The van der Waals surface area contributed by atoms with E-state index >= 15 is 4.39 Å². The van der Waals surface area contributed by atoms with Crippen LogP contribution in [0.3, 0.4) is 0 Å². The molecule has 4 rings (SSSR count). The number of nitrogens with zero attached hydrogens (tertiary/aromatic N) is 2. The smallest absolute Gasteiger partial charge is 0.331 e. The Balaban J connectivity index is 1.68. The maximum atomic E-state index is 15.1. The van der Waals surface area contributed by atoms with E-state index in [2.05, 4.69) is 5.10 Å². The molecule has 0 saturated heterocycles. The summed E-state index contributed by atoms with van der Waals surface area (Å²) in [6.07, 6.45) is 2.61. The zero-order valence-corrected chi connectivity index (χ0v) is 21.4. The van der Waals surface area contributed by atoms with Crippen LogP contribution in [0.4, 0.5) is 4.39 Å². The number of aryl methyl sites for hydroxylation is 2. The fourth-order valence-corrected chi connectivity index (χ4v) is 4.71. The minimum Gasteiger partial charge on any atom is -0.489 e. The Morgan fingerprint density at radius 2 is 1.84 bits per heavy atom. The average molecular weight is 505 g/mol. The molecule has 0 bridgehead atoms. The average Bonchev–Trinajstić information content (AvgIpc) is 3.11. The third-order valence-corrected chi connectivity index (χ3v) is 7.22. The van der Waals surface area contributed by atoms with Crippen molar-refractivity contribution in [1.82, 2.24) is 9.78 Å². The van der Waals surface area contributed by atoms with Crippen molar-refractivity contribution in [3.05, 3.63) is 99.2 Å². The number of benzene rings is 2. The van der Waals surface area contributed by atoms with Crippen molar-refractivity contribution in [3.8, 4) is 11.4 Å². The fraction of sp³-hybridized carbons (Fsp3) is 0.276. The van der Waals surface area contributed by atoms with E-state index in [-0.39, 0.29) is 29.7 Å². The van der Waals surface area contributed by atoms with Gasteiger partial charge in [-0.3, -0.25) is 4.79 Å². The van der Waals surface area contributed by atoms with Crippen LogP contribution in [0.5, 0.6) is 5.75 Å². The Bertz CT molecular complexity index is 1480. The van der Waals surface area contributed by atoms with Gasteiger partial charge < -0.3 is 14.9 Å². The number of aromatic nitrogens is 2. The Morgan fingerprint density at radius 3 is 2.43 bits per heavy atom. The van der Waals surface area contributed by atoms with Gasteiger partial charge in [-0.25, -0.2) is 13.9 Å². The molecule has 8 heteroatoms. The largest absolute Gasteiger partial charge is 0.489 e. The van der Waals surface area contributed by atoms with Gasteiger partial charge in [0.1, 0.15) is 23.6 Å². The van der Waals surface area contributed by atoms with Crippen LogP contribution < -0.4 is 4.74 Å². The molecule has 2 aromatic carbocycles. The van der Waals surface area contributed by atoms with E-state index < -0.39 is 23.2 Å². The normalized spacial score (nSPS) is 17.2. The van der Waals surface area contributed by atoms with Gasteiger partial charge in [-0.1, -0.05) is 24.3 Å². The van der Waals surface area contributed by atoms with Gasteiger partial charge in [-0.15, -0.1) is 0 Å². The highest BCUT2D eigenvalue weighted by Crippen LogP contribution is 2.41. The van der Waals surface area contributed by atoms with E-state index in [1.54, 1.807) is 13.0 Å². The third-order valence-electron chi connectivity index (χ3n) is 7.22. The van der Waals surface area contributed by atoms with Crippen LogP contribution in [-0.4, -0.2) is 31.9 Å². The molecule has 0 aliphatic heterocycles. The van der Waals surface area contributed by atoms with Crippen molar-refractivity contribution in [3.63, 3.8) is 0 Å². The molecule has 192 valence electrons. The van der Waals surface area contributed by atoms with Crippen LogP contribution in [0, 0.1) is 33.5 Å². The van der Waals surface area contributed by atoms with Crippen LogP contribution in [0.25, 0.3) is 5.69 Å². The number of aliphatic carboxylic acids is 2. The molecule has 0 fully saturated rings. The van der Waals surface area contributed by atoms with Gasteiger partial charge in [0.25, 0.3) is 0 Å². The van der Waals surface area contributed by atoms with Gasteiger partial charge in [0.15, 0.2) is 0 Å². The first-order chi connectivity index (χ1) is 17.5. The second-order valence-corrected chi connectivity index (χ2v) is 9.47. The van der Waals surface area contributed by atoms with Gasteiger partial charge >= 0.3 is 11.9 Å². The fourth-order valence-electron chi connectivity index (χ4n) is 4.71. The minimum atomic E-state index is -1.74. The van der Waals surface area contributed by atoms with Crippen LogP contribution in [0.15, 0.2) is 59.7 Å². The first-order valence-electron chi connectivity index (χ1n) is 11.9. The summed E-state index contributed by atoms with van der Waals surface area (Å²) in [7, 11) is 0. The minimum absolute atomic E-state index is 0.0214. The molecule has 0 spiro atoms. The van der Waals surface area contributed by atoms with Crippen molar-refractivity contribution >= 4 is 11.9 Å². The van der Waals surface area contributed by atoms with Gasteiger partial charge in [0, 0.05) is 23.3 Å². The Labute approximate surface area is 214 Å². The van der Waals surface area contributed by atoms with E-state index in [1.807, 2.05) is 44.5 Å². The van der Waals surface area contributed by atoms with Crippen LogP contribution >= 0.6 is 0 Å². The molecular formula is C29H29FN2O5. The number of rotatable bonds is 7. The topological polar surface area (TPSA) is 102 Å². The van der Waals surface area contributed by atoms with E-state index in [1.165, 1.54) is 30.4 Å². The lowest BCUT2D eigenvalue weighted by atomic mass is 9.70. The molecule has 0 radical (unpaired) electrons. The lowest BCUT2D eigenvalue weighted by Gasteiger charge is -2.32. The number of hydrogen-bond acceptors (Lipinski definition) is 4. The number of halogens is 1. The molecule has 1 aliphatic rings. The van der Waals surface area contributed by atoms with E-state index in [0.29, 0.717) is 11.3 Å². The molecule has 2 N–H and O–H groups in total. The lowest BCUT2D eigenvalue weighted by Crippen LogP contribution is -2.38. The standard InChI is InChI=1S/C29H29FN2O5/c1-16-11-12-29(28(35)36,14-22(16)27(33)34)24-7-6-8-25(30)23(24)15-37-26-10-9-21(13-17(26)2)32-20(5)18(3)19(4)31-32/h6-13H,14-15H2,1-5H3,(H,33,34)(H,35,36). The first kappa shape index (κ1) is 25.9. The number of hydrogen-bond donors (Lipinski definition) is 2. The highest BCUT2D eigenvalue weighted by atomic mass is 19.1. The number of carboxylic acid groups (broad SMARTS) is 2. The van der Waals surface area contributed by atoms with Gasteiger partial charge in [-0.2, -0.15) is 5.10 Å². The monoisotopic (exact) mass is 504 g/mol. The maximum absolute atomic E-state index is 15.1. The number of carboxylic acids is 2. The van der Waals surface area contributed by atoms with Crippen molar-refractivity contribution in [2.45, 2.75) is 53.1 Å². The van der Waals surface area contributed by atoms with Crippen molar-refractivity contribution in [1.29, 1.82) is 0 Å². The molecule has 1 unspecified atom stereocenters. The lowest BCUT2D eigenvalue weighted by molar-refractivity contribution is -0.142. The van der Waals surface area contributed by atoms with Crippen molar-refractivity contribution in [2.24, 2.45) is 0 Å². The molecule has 7 nitrogen and oxygen atoms in total. The van der Waals surface area contributed by atoms with Crippen LogP contribution in [0.2, 0.25) is 0 Å². The SMILES string of the molecule is CC1=C(C(=O)O)CC(C(=O)O)(c2cccc(F)c2COc2ccc(-n3nc(C)c(C)c3C)cc2C)C=C1. The Kier molecular flexibility index (Phi) is 6.78. The highest BCUT2D eigenvalue weighted by molar-refractivity contribution is 5.94. The second-order valence-electron chi connectivity index (χ2n) is 9.47.